The number of nitrogens with zero attached hydrogens (tertiary/aromatic N) is 2. The minimum Gasteiger partial charge on any atom is -0.454 e. The topological polar surface area (TPSA) is 42.0 Å². The van der Waals surface area contributed by atoms with Gasteiger partial charge in [-0.2, -0.15) is 0 Å². The van der Waals surface area contributed by atoms with E-state index in [0.717, 1.165) is 43.1 Å². The molecule has 1 aromatic rings. The van der Waals surface area contributed by atoms with Crippen LogP contribution < -0.4 is 9.47 Å². The average molecular weight is 358 g/mol. The number of hydrogen-bond acceptors (Lipinski definition) is 4. The molecular formula is C21H30N2O3. The fraction of sp³-hybridized carbons (Fsp3) is 0.667. The maximum atomic E-state index is 12.9. The van der Waals surface area contributed by atoms with Crippen LogP contribution in [0.2, 0.25) is 0 Å². The molecule has 4 rings (SSSR count). The highest BCUT2D eigenvalue weighted by molar-refractivity contribution is 5.77. The number of amides is 1. The first-order valence-corrected chi connectivity index (χ1v) is 9.60. The van der Waals surface area contributed by atoms with Crippen LogP contribution in [-0.4, -0.2) is 56.2 Å². The summed E-state index contributed by atoms with van der Waals surface area (Å²) in [6.07, 6.45) is 2.53. The largest absolute Gasteiger partial charge is 0.454 e. The Bertz CT molecular complexity index is 711. The predicted molar refractivity (Wildman–Crippen MR) is 100 cm³/mol. The minimum atomic E-state index is 0.283. The molecule has 1 aromatic carbocycles. The number of fused-ring (bicyclic) bond motifs is 2. The summed E-state index contributed by atoms with van der Waals surface area (Å²) in [4.78, 5) is 17.3. The van der Waals surface area contributed by atoms with Gasteiger partial charge >= 0.3 is 0 Å². The van der Waals surface area contributed by atoms with E-state index < -0.39 is 0 Å². The summed E-state index contributed by atoms with van der Waals surface area (Å²) < 4.78 is 10.8. The molecule has 0 bridgehead atoms. The number of ether oxygens (including phenoxy) is 2. The molecule has 2 aliphatic heterocycles. The van der Waals surface area contributed by atoms with Crippen LogP contribution in [-0.2, 0) is 11.2 Å². The van der Waals surface area contributed by atoms with Gasteiger partial charge in [-0.3, -0.25) is 4.79 Å². The lowest BCUT2D eigenvalue weighted by Crippen LogP contribution is -2.57. The van der Waals surface area contributed by atoms with E-state index in [0.29, 0.717) is 23.2 Å². The smallest absolute Gasteiger partial charge is 0.231 e. The van der Waals surface area contributed by atoms with E-state index in [1.54, 1.807) is 0 Å². The van der Waals surface area contributed by atoms with Gasteiger partial charge in [0.05, 0.1) is 0 Å². The van der Waals surface area contributed by atoms with E-state index in [1.807, 2.05) is 18.2 Å². The van der Waals surface area contributed by atoms with Crippen molar-refractivity contribution in [2.45, 2.75) is 33.1 Å². The number of benzene rings is 1. The van der Waals surface area contributed by atoms with Crippen LogP contribution >= 0.6 is 0 Å². The Morgan fingerprint density at radius 1 is 1.27 bits per heavy atom. The molecule has 2 fully saturated rings. The van der Waals surface area contributed by atoms with Gasteiger partial charge in [-0.15, -0.1) is 0 Å². The summed E-state index contributed by atoms with van der Waals surface area (Å²) in [5.74, 6) is 2.49. The van der Waals surface area contributed by atoms with Crippen LogP contribution in [0.1, 0.15) is 32.3 Å². The highest BCUT2D eigenvalue weighted by atomic mass is 16.7. The molecule has 0 radical (unpaired) electrons. The number of carbonyl (C=O) groups is 1. The van der Waals surface area contributed by atoms with Gasteiger partial charge in [-0.25, -0.2) is 0 Å². The van der Waals surface area contributed by atoms with Gasteiger partial charge in [0.25, 0.3) is 0 Å². The van der Waals surface area contributed by atoms with Gasteiger partial charge in [0.2, 0.25) is 12.7 Å². The van der Waals surface area contributed by atoms with E-state index in [1.165, 1.54) is 6.42 Å². The van der Waals surface area contributed by atoms with Crippen molar-refractivity contribution in [1.29, 1.82) is 0 Å². The fourth-order valence-corrected chi connectivity index (χ4v) is 5.67. The molecule has 0 spiro atoms. The summed E-state index contributed by atoms with van der Waals surface area (Å²) in [7, 11) is 4.28. The monoisotopic (exact) mass is 358 g/mol. The quantitative estimate of drug-likeness (QED) is 0.812. The van der Waals surface area contributed by atoms with Crippen LogP contribution in [0.4, 0.5) is 0 Å². The average Bonchev–Trinajstić information content (AvgIpc) is 3.14. The standard InChI is InChI=1S/C21H30N2O3/c1-20(2)11-21(12-22(3)4)13-23(10-18(20)21)19(24)8-6-15-5-7-16-17(9-15)26-14-25-16/h5,7,9,18H,6,8,10-14H2,1-4H3/t18-,21+/m1/s1. The van der Waals surface area contributed by atoms with Crippen molar-refractivity contribution in [3.63, 3.8) is 0 Å². The van der Waals surface area contributed by atoms with Gasteiger partial charge in [0.15, 0.2) is 11.5 Å². The Hall–Kier alpha value is -1.75. The molecule has 1 amide bonds. The minimum absolute atomic E-state index is 0.283. The summed E-state index contributed by atoms with van der Waals surface area (Å²) in [6, 6.07) is 5.97. The van der Waals surface area contributed by atoms with Crippen molar-refractivity contribution in [3.05, 3.63) is 23.8 Å². The Morgan fingerprint density at radius 2 is 2.04 bits per heavy atom. The highest BCUT2D eigenvalue weighted by Crippen LogP contribution is 2.62. The normalized spacial score (nSPS) is 28.2. The van der Waals surface area contributed by atoms with Gasteiger partial charge in [-0.1, -0.05) is 19.9 Å². The molecule has 142 valence electrons. The molecule has 26 heavy (non-hydrogen) atoms. The molecule has 5 nitrogen and oxygen atoms in total. The highest BCUT2D eigenvalue weighted by Gasteiger charge is 2.63. The van der Waals surface area contributed by atoms with Crippen LogP contribution in [0.5, 0.6) is 11.5 Å². The van der Waals surface area contributed by atoms with E-state index in [9.17, 15) is 4.79 Å². The third kappa shape index (κ3) is 2.96. The molecule has 2 atom stereocenters. The molecule has 0 N–H and O–H groups in total. The zero-order valence-corrected chi connectivity index (χ0v) is 16.4. The summed E-state index contributed by atoms with van der Waals surface area (Å²) in [5.41, 5.74) is 1.78. The molecule has 3 aliphatic rings. The Kier molecular flexibility index (Phi) is 4.18. The van der Waals surface area contributed by atoms with E-state index in [-0.39, 0.29) is 12.7 Å². The number of aryl methyl sites for hydroxylation is 1. The Labute approximate surface area is 156 Å². The zero-order chi connectivity index (χ0) is 18.5. The number of rotatable bonds is 5. The predicted octanol–water partition coefficient (Wildman–Crippen LogP) is 2.78. The second-order valence-corrected chi connectivity index (χ2v) is 9.28. The third-order valence-corrected chi connectivity index (χ3v) is 6.45. The number of hydrogen-bond donors (Lipinski definition) is 0. The lowest BCUT2D eigenvalue weighted by atomic mass is 9.48. The zero-order valence-electron chi connectivity index (χ0n) is 16.4. The van der Waals surface area contributed by atoms with Gasteiger partial charge < -0.3 is 19.3 Å². The summed E-state index contributed by atoms with van der Waals surface area (Å²) >= 11 is 0. The Morgan fingerprint density at radius 3 is 2.77 bits per heavy atom. The summed E-state index contributed by atoms with van der Waals surface area (Å²) in [6.45, 7) is 7.90. The second-order valence-electron chi connectivity index (χ2n) is 9.28. The molecular weight excluding hydrogens is 328 g/mol. The Balaban J connectivity index is 1.38. The van der Waals surface area contributed by atoms with Crippen LogP contribution in [0.25, 0.3) is 0 Å². The van der Waals surface area contributed by atoms with Crippen LogP contribution in [0, 0.1) is 16.7 Å². The van der Waals surface area contributed by atoms with Crippen molar-refractivity contribution in [3.8, 4) is 11.5 Å². The molecule has 2 heterocycles. The van der Waals surface area contributed by atoms with Gasteiger partial charge in [0.1, 0.15) is 0 Å². The molecule has 0 aromatic heterocycles. The summed E-state index contributed by atoms with van der Waals surface area (Å²) in [5, 5.41) is 0. The third-order valence-electron chi connectivity index (χ3n) is 6.45. The first-order valence-electron chi connectivity index (χ1n) is 9.60. The lowest BCUT2D eigenvalue weighted by Gasteiger charge is -2.57. The number of likely N-dealkylation sites (tertiary alicyclic amines) is 1. The maximum Gasteiger partial charge on any atom is 0.231 e. The lowest BCUT2D eigenvalue weighted by molar-refractivity contribution is -0.130. The van der Waals surface area contributed by atoms with Crippen molar-refractivity contribution in [2.24, 2.45) is 16.7 Å². The molecule has 1 aliphatic carbocycles. The van der Waals surface area contributed by atoms with E-state index in [4.69, 9.17) is 9.47 Å². The molecule has 5 heteroatoms. The van der Waals surface area contributed by atoms with E-state index >= 15 is 0 Å². The van der Waals surface area contributed by atoms with E-state index in [2.05, 4.69) is 37.7 Å². The van der Waals surface area contributed by atoms with Crippen LogP contribution in [0.15, 0.2) is 18.2 Å². The van der Waals surface area contributed by atoms with Crippen molar-refractivity contribution >= 4 is 5.91 Å². The van der Waals surface area contributed by atoms with Crippen molar-refractivity contribution in [2.75, 3.05) is 40.5 Å². The maximum absolute atomic E-state index is 12.9. The van der Waals surface area contributed by atoms with Gasteiger partial charge in [0, 0.05) is 31.5 Å². The SMILES string of the molecule is CN(C)C[C@@]12CN(C(=O)CCc3ccc4c(c3)OCO4)C[C@@H]1C(C)(C)C2. The van der Waals surface area contributed by atoms with Gasteiger partial charge in [-0.05, 0) is 56.0 Å². The molecule has 1 saturated heterocycles. The molecule has 1 saturated carbocycles. The fourth-order valence-electron chi connectivity index (χ4n) is 5.67. The number of carbonyl (C=O) groups excluding carboxylic acids is 1. The molecule has 0 unspecified atom stereocenters. The second kappa shape index (κ2) is 6.15. The van der Waals surface area contributed by atoms with Crippen LogP contribution in [0.3, 0.4) is 0 Å². The first-order chi connectivity index (χ1) is 12.3. The first kappa shape index (κ1) is 17.7. The van der Waals surface area contributed by atoms with Crippen molar-refractivity contribution < 1.29 is 14.3 Å². The van der Waals surface area contributed by atoms with Crippen molar-refractivity contribution in [1.82, 2.24) is 9.80 Å².